The maximum atomic E-state index is 14.5. The van der Waals surface area contributed by atoms with Crippen molar-refractivity contribution >= 4 is 62.1 Å². The number of nitro groups is 1. The minimum absolute atomic E-state index is 0.0592. The van der Waals surface area contributed by atoms with Crippen LogP contribution in [0.4, 0.5) is 15.2 Å². The van der Waals surface area contributed by atoms with Crippen molar-refractivity contribution in [2.45, 2.75) is 16.1 Å². The van der Waals surface area contributed by atoms with Gasteiger partial charge in [-0.25, -0.2) is 4.39 Å². The van der Waals surface area contributed by atoms with Gasteiger partial charge in [-0.15, -0.1) is 10.2 Å². The number of aliphatic hydroxyl groups is 1. The molecule has 10 nitrogen and oxygen atoms in total. The molecule has 13 heteroatoms. The second-order valence-electron chi connectivity index (χ2n) is 9.65. The highest BCUT2D eigenvalue weighted by Gasteiger charge is 2.48. The van der Waals surface area contributed by atoms with Gasteiger partial charge in [0.25, 0.3) is 11.5 Å². The summed E-state index contributed by atoms with van der Waals surface area (Å²) < 4.78 is 20.0. The van der Waals surface area contributed by atoms with Crippen LogP contribution >= 0.6 is 23.1 Å². The van der Waals surface area contributed by atoms with Crippen molar-refractivity contribution < 1.29 is 28.7 Å². The molecule has 1 N–H and O–H groups in total. The standard InChI is InChI=1S/C31H21FN4O6S2/c1-42-24-13-12-19(15-23(24)32)27(37)25-26(18-8-5-10-21(14-18)36(40)41)35(29(39)28(25)38)30-33-34-31(44-30)43-16-20-9-4-7-17-6-2-3-11-22(17)20/h2-15,26,37H,16H2,1H3/t26-/m0/s1. The summed E-state index contributed by atoms with van der Waals surface area (Å²) in [5.41, 5.74) is 0.510. The topological polar surface area (TPSA) is 136 Å². The molecule has 6 rings (SSSR count). The first-order chi connectivity index (χ1) is 21.3. The maximum absolute atomic E-state index is 14.5. The van der Waals surface area contributed by atoms with E-state index >= 15 is 0 Å². The number of nitro benzene ring substituents is 1. The Balaban J connectivity index is 1.40. The van der Waals surface area contributed by atoms with E-state index < -0.39 is 34.2 Å². The lowest BCUT2D eigenvalue weighted by atomic mass is 9.95. The van der Waals surface area contributed by atoms with Gasteiger partial charge in [0.15, 0.2) is 15.9 Å². The summed E-state index contributed by atoms with van der Waals surface area (Å²) >= 11 is 2.47. The van der Waals surface area contributed by atoms with Crippen LogP contribution in [0, 0.1) is 15.9 Å². The number of anilines is 1. The average molecular weight is 629 g/mol. The molecule has 1 amide bonds. The molecule has 0 bridgehead atoms. The van der Waals surface area contributed by atoms with Gasteiger partial charge < -0.3 is 9.84 Å². The number of ketones is 1. The fraction of sp³-hybridized carbons (Fsp3) is 0.0968. The first kappa shape index (κ1) is 29.0. The zero-order valence-corrected chi connectivity index (χ0v) is 24.5. The van der Waals surface area contributed by atoms with E-state index in [1.807, 2.05) is 42.5 Å². The average Bonchev–Trinajstić information content (AvgIpc) is 3.61. The molecule has 0 spiro atoms. The fourth-order valence-electron chi connectivity index (χ4n) is 5.04. The largest absolute Gasteiger partial charge is 0.507 e. The number of aromatic nitrogens is 2. The predicted molar refractivity (Wildman–Crippen MR) is 164 cm³/mol. The van der Waals surface area contributed by atoms with E-state index in [0.717, 1.165) is 38.6 Å². The number of hydrogen-bond donors (Lipinski definition) is 1. The number of methoxy groups -OCH3 is 1. The van der Waals surface area contributed by atoms with Crippen molar-refractivity contribution in [3.05, 3.63) is 123 Å². The van der Waals surface area contributed by atoms with E-state index in [1.54, 1.807) is 0 Å². The second-order valence-corrected chi connectivity index (χ2v) is 11.8. The quantitative estimate of drug-likeness (QED) is 0.0380. The number of halogens is 1. The Labute approximate surface area is 257 Å². The van der Waals surface area contributed by atoms with E-state index in [-0.39, 0.29) is 33.3 Å². The smallest absolute Gasteiger partial charge is 0.301 e. The van der Waals surface area contributed by atoms with Crippen LogP contribution in [0.15, 0.2) is 94.8 Å². The van der Waals surface area contributed by atoms with Gasteiger partial charge in [-0.3, -0.25) is 24.6 Å². The van der Waals surface area contributed by atoms with Crippen LogP contribution in [-0.2, 0) is 15.3 Å². The molecular weight excluding hydrogens is 607 g/mol. The summed E-state index contributed by atoms with van der Waals surface area (Å²) in [6.45, 7) is 0. The molecule has 220 valence electrons. The SMILES string of the molecule is COc1ccc(C(O)=C2C(=O)C(=O)N(c3nnc(SCc4cccc5ccccc45)s3)[C@H]2c2cccc([N+](=O)[O-])c2)cc1F. The highest BCUT2D eigenvalue weighted by atomic mass is 32.2. The Morgan fingerprint density at radius 1 is 1.07 bits per heavy atom. The number of non-ortho nitro benzene ring substituents is 1. The third-order valence-electron chi connectivity index (χ3n) is 7.10. The molecule has 1 aliphatic rings. The first-order valence-corrected chi connectivity index (χ1v) is 14.9. The van der Waals surface area contributed by atoms with Gasteiger partial charge in [0.1, 0.15) is 5.76 Å². The molecule has 44 heavy (non-hydrogen) atoms. The summed E-state index contributed by atoms with van der Waals surface area (Å²) in [5, 5.41) is 33.5. The molecule has 5 aromatic rings. The highest BCUT2D eigenvalue weighted by molar-refractivity contribution is 8.00. The molecule has 1 fully saturated rings. The summed E-state index contributed by atoms with van der Waals surface area (Å²) in [4.78, 5) is 39.0. The molecule has 1 atom stereocenters. The third-order valence-corrected chi connectivity index (χ3v) is 9.20. The normalized spacial score (nSPS) is 16.0. The van der Waals surface area contributed by atoms with Gasteiger partial charge in [0.05, 0.1) is 23.6 Å². The van der Waals surface area contributed by atoms with E-state index in [0.29, 0.717) is 10.1 Å². The maximum Gasteiger partial charge on any atom is 0.301 e. The number of thioether (sulfide) groups is 1. The van der Waals surface area contributed by atoms with Crippen LogP contribution in [0.2, 0.25) is 0 Å². The Morgan fingerprint density at radius 3 is 2.61 bits per heavy atom. The monoisotopic (exact) mass is 628 g/mol. The first-order valence-electron chi connectivity index (χ1n) is 13.1. The number of ether oxygens (including phenoxy) is 1. The lowest BCUT2D eigenvalue weighted by Gasteiger charge is -2.22. The minimum atomic E-state index is -1.30. The molecule has 1 aliphatic heterocycles. The van der Waals surface area contributed by atoms with Gasteiger partial charge in [-0.1, -0.05) is 77.7 Å². The number of hydrogen-bond acceptors (Lipinski definition) is 10. The number of carbonyl (C=O) groups excluding carboxylic acids is 2. The molecule has 1 aromatic heterocycles. The summed E-state index contributed by atoms with van der Waals surface area (Å²) in [5.74, 6) is -3.05. The Kier molecular flexibility index (Phi) is 7.80. The van der Waals surface area contributed by atoms with E-state index in [4.69, 9.17) is 4.74 Å². The summed E-state index contributed by atoms with van der Waals surface area (Å²) in [7, 11) is 1.28. The van der Waals surface area contributed by atoms with Gasteiger partial charge in [0.2, 0.25) is 5.13 Å². The molecule has 0 radical (unpaired) electrons. The number of fused-ring (bicyclic) bond motifs is 1. The van der Waals surface area contributed by atoms with Crippen molar-refractivity contribution in [3.63, 3.8) is 0 Å². The molecule has 0 saturated carbocycles. The van der Waals surface area contributed by atoms with Crippen LogP contribution in [0.25, 0.3) is 16.5 Å². The number of rotatable bonds is 8. The van der Waals surface area contributed by atoms with Crippen molar-refractivity contribution in [2.24, 2.45) is 0 Å². The molecule has 0 aliphatic carbocycles. The van der Waals surface area contributed by atoms with Crippen molar-refractivity contribution in [3.8, 4) is 5.75 Å². The summed E-state index contributed by atoms with van der Waals surface area (Å²) in [6, 6.07) is 21.7. The lowest BCUT2D eigenvalue weighted by Crippen LogP contribution is -2.29. The molecule has 2 heterocycles. The van der Waals surface area contributed by atoms with Crippen LogP contribution < -0.4 is 9.64 Å². The van der Waals surface area contributed by atoms with E-state index in [9.17, 15) is 29.2 Å². The van der Waals surface area contributed by atoms with Crippen LogP contribution in [0.1, 0.15) is 22.7 Å². The van der Waals surface area contributed by atoms with Crippen molar-refractivity contribution in [2.75, 3.05) is 12.0 Å². The number of Topliss-reactive ketones (excluding diaryl/α,β-unsaturated/α-hetero) is 1. The molecular formula is C31H21FN4O6S2. The van der Waals surface area contributed by atoms with Crippen LogP contribution in [0.3, 0.4) is 0 Å². The van der Waals surface area contributed by atoms with Crippen LogP contribution in [-0.4, -0.2) is 39.0 Å². The van der Waals surface area contributed by atoms with Crippen molar-refractivity contribution in [1.29, 1.82) is 0 Å². The van der Waals surface area contributed by atoms with Gasteiger partial charge in [-0.2, -0.15) is 0 Å². The minimum Gasteiger partial charge on any atom is -0.507 e. The molecule has 0 unspecified atom stereocenters. The second kappa shape index (κ2) is 11.9. The Hall–Kier alpha value is -5.14. The van der Waals surface area contributed by atoms with Gasteiger partial charge in [0, 0.05) is 23.4 Å². The third kappa shape index (κ3) is 5.27. The zero-order chi connectivity index (χ0) is 31.0. The number of nitrogens with zero attached hydrogens (tertiary/aromatic N) is 4. The zero-order valence-electron chi connectivity index (χ0n) is 22.8. The Bertz CT molecular complexity index is 1990. The fourth-order valence-corrected chi connectivity index (χ4v) is 6.91. The Morgan fingerprint density at radius 2 is 1.84 bits per heavy atom. The van der Waals surface area contributed by atoms with Crippen LogP contribution in [0.5, 0.6) is 5.75 Å². The predicted octanol–water partition coefficient (Wildman–Crippen LogP) is 6.67. The lowest BCUT2D eigenvalue weighted by molar-refractivity contribution is -0.384. The summed E-state index contributed by atoms with van der Waals surface area (Å²) in [6.07, 6.45) is 0. The van der Waals surface area contributed by atoms with Gasteiger partial charge >= 0.3 is 5.91 Å². The number of carbonyl (C=O) groups is 2. The molecule has 4 aromatic carbocycles. The molecule has 1 saturated heterocycles. The number of aliphatic hydroxyl groups excluding tert-OH is 1. The highest BCUT2D eigenvalue weighted by Crippen LogP contribution is 2.45. The number of amides is 1. The van der Waals surface area contributed by atoms with Crippen molar-refractivity contribution in [1.82, 2.24) is 10.2 Å². The van der Waals surface area contributed by atoms with E-state index in [2.05, 4.69) is 10.2 Å². The van der Waals surface area contributed by atoms with E-state index in [1.165, 1.54) is 55.3 Å². The number of benzene rings is 4. The van der Waals surface area contributed by atoms with Gasteiger partial charge in [-0.05, 0) is 40.1 Å².